The average molecular weight is 463 g/mol. The van der Waals surface area contributed by atoms with Crippen LogP contribution in [0.3, 0.4) is 0 Å². The summed E-state index contributed by atoms with van der Waals surface area (Å²) >= 11 is 7.38. The molecule has 0 aromatic heterocycles. The van der Waals surface area contributed by atoms with Crippen molar-refractivity contribution in [2.24, 2.45) is 0 Å². The van der Waals surface area contributed by atoms with E-state index in [2.05, 4.69) is 5.32 Å². The fourth-order valence-corrected chi connectivity index (χ4v) is 3.97. The predicted molar refractivity (Wildman–Crippen MR) is 128 cm³/mol. The van der Waals surface area contributed by atoms with Gasteiger partial charge in [-0.1, -0.05) is 30.7 Å². The average Bonchev–Trinajstić information content (AvgIpc) is 2.72. The third-order valence-corrected chi connectivity index (χ3v) is 5.82. The van der Waals surface area contributed by atoms with Crippen LogP contribution in [-0.2, 0) is 16.1 Å². The number of amides is 2. The highest BCUT2D eigenvalue weighted by Crippen LogP contribution is 2.23. The molecule has 0 aliphatic rings. The lowest BCUT2D eigenvalue weighted by molar-refractivity contribution is -0.140. The van der Waals surface area contributed by atoms with E-state index >= 15 is 0 Å². The molecule has 7 heteroatoms. The van der Waals surface area contributed by atoms with Crippen molar-refractivity contribution in [3.05, 3.63) is 59.1 Å². The van der Waals surface area contributed by atoms with Gasteiger partial charge in [0.05, 0.1) is 12.9 Å². The molecule has 5 nitrogen and oxygen atoms in total. The van der Waals surface area contributed by atoms with Gasteiger partial charge in [0.1, 0.15) is 11.8 Å². The van der Waals surface area contributed by atoms with Gasteiger partial charge in [0.2, 0.25) is 11.8 Å². The summed E-state index contributed by atoms with van der Waals surface area (Å²) in [6.07, 6.45) is 0.523. The van der Waals surface area contributed by atoms with E-state index in [-0.39, 0.29) is 23.1 Å². The van der Waals surface area contributed by atoms with Gasteiger partial charge in [-0.25, -0.2) is 0 Å². The van der Waals surface area contributed by atoms with Crippen LogP contribution >= 0.6 is 23.4 Å². The third-order valence-electron chi connectivity index (χ3n) is 4.57. The lowest BCUT2D eigenvalue weighted by atomic mass is 10.1. The van der Waals surface area contributed by atoms with Crippen molar-refractivity contribution in [3.8, 4) is 5.75 Å². The Labute approximate surface area is 194 Å². The molecule has 0 radical (unpaired) electrons. The number of hydrogen-bond donors (Lipinski definition) is 1. The van der Waals surface area contributed by atoms with Gasteiger partial charge in [-0.2, -0.15) is 0 Å². The summed E-state index contributed by atoms with van der Waals surface area (Å²) < 4.78 is 5.22. The number of benzene rings is 2. The summed E-state index contributed by atoms with van der Waals surface area (Å²) in [5.74, 6) is 0.745. The molecule has 2 amide bonds. The maximum absolute atomic E-state index is 13.3. The monoisotopic (exact) mass is 462 g/mol. The van der Waals surface area contributed by atoms with E-state index in [9.17, 15) is 9.59 Å². The Morgan fingerprint density at radius 2 is 1.71 bits per heavy atom. The van der Waals surface area contributed by atoms with Crippen LogP contribution in [0.2, 0.25) is 5.02 Å². The largest absolute Gasteiger partial charge is 0.497 e. The number of ether oxygens (including phenoxy) is 1. The highest BCUT2D eigenvalue weighted by atomic mass is 35.5. The lowest BCUT2D eigenvalue weighted by Gasteiger charge is -2.33. The van der Waals surface area contributed by atoms with E-state index in [4.69, 9.17) is 16.3 Å². The number of thioether (sulfide) groups is 1. The minimum Gasteiger partial charge on any atom is -0.497 e. The smallest absolute Gasteiger partial charge is 0.243 e. The highest BCUT2D eigenvalue weighted by Gasteiger charge is 2.30. The number of hydrogen-bond acceptors (Lipinski definition) is 4. The molecular formula is C24H31ClN2O3S. The van der Waals surface area contributed by atoms with E-state index in [1.54, 1.807) is 24.1 Å². The molecule has 1 atom stereocenters. The van der Waals surface area contributed by atoms with Crippen molar-refractivity contribution in [1.82, 2.24) is 10.2 Å². The molecule has 2 rings (SSSR count). The molecule has 2 aromatic rings. The molecule has 0 spiro atoms. The maximum atomic E-state index is 13.3. The Morgan fingerprint density at radius 1 is 1.10 bits per heavy atom. The van der Waals surface area contributed by atoms with Gasteiger partial charge < -0.3 is 15.0 Å². The Bertz CT molecular complexity index is 864. The molecule has 0 aliphatic heterocycles. The number of nitrogens with one attached hydrogen (secondary N) is 1. The fourth-order valence-electron chi connectivity index (χ4n) is 3.06. The third kappa shape index (κ3) is 8.11. The van der Waals surface area contributed by atoms with Crippen molar-refractivity contribution in [2.75, 3.05) is 12.9 Å². The van der Waals surface area contributed by atoms with E-state index in [0.717, 1.165) is 16.2 Å². The summed E-state index contributed by atoms with van der Waals surface area (Å²) in [5, 5.41) is 3.67. The molecule has 0 unspecified atom stereocenters. The van der Waals surface area contributed by atoms with Crippen LogP contribution < -0.4 is 10.1 Å². The van der Waals surface area contributed by atoms with Crippen molar-refractivity contribution in [3.63, 3.8) is 0 Å². The molecular weight excluding hydrogens is 432 g/mol. The van der Waals surface area contributed by atoms with Crippen LogP contribution in [0.1, 0.15) is 39.7 Å². The van der Waals surface area contributed by atoms with Crippen molar-refractivity contribution in [2.45, 2.75) is 57.1 Å². The SMILES string of the molecule is CC[C@H](C(=O)NC(C)(C)C)N(Cc1ccc(OC)cc1)C(=O)CSc1ccc(Cl)cc1. The molecule has 168 valence electrons. The van der Waals surface area contributed by atoms with Gasteiger partial charge in [-0.05, 0) is 69.2 Å². The summed E-state index contributed by atoms with van der Waals surface area (Å²) in [4.78, 5) is 28.9. The highest BCUT2D eigenvalue weighted by molar-refractivity contribution is 8.00. The zero-order valence-corrected chi connectivity index (χ0v) is 20.3. The van der Waals surface area contributed by atoms with Gasteiger partial charge in [-0.15, -0.1) is 11.8 Å². The zero-order valence-electron chi connectivity index (χ0n) is 18.8. The number of nitrogens with zero attached hydrogens (tertiary/aromatic N) is 1. The first-order valence-corrected chi connectivity index (χ1v) is 11.6. The van der Waals surface area contributed by atoms with Crippen LogP contribution in [-0.4, -0.2) is 41.2 Å². The quantitative estimate of drug-likeness (QED) is 0.523. The zero-order chi connectivity index (χ0) is 23.0. The first-order chi connectivity index (χ1) is 14.6. The predicted octanol–water partition coefficient (Wildman–Crippen LogP) is 5.16. The summed E-state index contributed by atoms with van der Waals surface area (Å²) in [5.41, 5.74) is 0.560. The molecule has 0 heterocycles. The number of rotatable bonds is 9. The molecule has 1 N–H and O–H groups in total. The van der Waals surface area contributed by atoms with E-state index < -0.39 is 6.04 Å². The number of halogens is 1. The molecule has 0 fully saturated rings. The minimum absolute atomic E-state index is 0.0910. The first-order valence-electron chi connectivity index (χ1n) is 10.3. The van der Waals surface area contributed by atoms with Crippen molar-refractivity contribution < 1.29 is 14.3 Å². The number of carbonyl (C=O) groups is 2. The van der Waals surface area contributed by atoms with Crippen LogP contribution in [0, 0.1) is 0 Å². The molecule has 0 aliphatic carbocycles. The standard InChI is InChI=1S/C24H31ClN2O3S/c1-6-21(23(29)26-24(2,3)4)27(15-17-7-11-19(30-5)12-8-17)22(28)16-31-20-13-9-18(25)10-14-20/h7-14,21H,6,15-16H2,1-5H3,(H,26,29)/t21-/m1/s1. The number of carbonyl (C=O) groups excluding carboxylic acids is 2. The van der Waals surface area contributed by atoms with Crippen molar-refractivity contribution in [1.29, 1.82) is 0 Å². The summed E-state index contributed by atoms with van der Waals surface area (Å²) in [6.45, 7) is 8.07. The minimum atomic E-state index is -0.556. The summed E-state index contributed by atoms with van der Waals surface area (Å²) in [6, 6.07) is 14.4. The molecule has 0 saturated heterocycles. The van der Waals surface area contributed by atoms with E-state index in [0.29, 0.717) is 18.0 Å². The lowest BCUT2D eigenvalue weighted by Crippen LogP contribution is -2.53. The summed E-state index contributed by atoms with van der Waals surface area (Å²) in [7, 11) is 1.61. The molecule has 0 saturated carbocycles. The molecule has 31 heavy (non-hydrogen) atoms. The first kappa shape index (κ1) is 25.1. The van der Waals surface area contributed by atoms with Gasteiger partial charge in [-0.3, -0.25) is 9.59 Å². The second kappa shape index (κ2) is 11.4. The topological polar surface area (TPSA) is 58.6 Å². The second-order valence-corrected chi connectivity index (χ2v) is 9.76. The normalized spacial score (nSPS) is 12.2. The van der Waals surface area contributed by atoms with Gasteiger partial charge in [0.15, 0.2) is 0 Å². The Balaban J connectivity index is 2.22. The Hall–Kier alpha value is -2.18. The fraction of sp³-hybridized carbons (Fsp3) is 0.417. The van der Waals surface area contributed by atoms with Crippen molar-refractivity contribution >= 4 is 35.2 Å². The van der Waals surface area contributed by atoms with E-state index in [1.165, 1.54) is 11.8 Å². The van der Waals surface area contributed by atoms with Gasteiger partial charge in [0.25, 0.3) is 0 Å². The van der Waals surface area contributed by atoms with E-state index in [1.807, 2.05) is 64.1 Å². The van der Waals surface area contributed by atoms with Crippen LogP contribution in [0.4, 0.5) is 0 Å². The Morgan fingerprint density at radius 3 is 2.23 bits per heavy atom. The molecule has 0 bridgehead atoms. The van der Waals surface area contributed by atoms with Gasteiger partial charge in [0, 0.05) is 22.0 Å². The van der Waals surface area contributed by atoms with Crippen LogP contribution in [0.15, 0.2) is 53.4 Å². The Kier molecular flexibility index (Phi) is 9.26. The van der Waals surface area contributed by atoms with Crippen LogP contribution in [0.25, 0.3) is 0 Å². The number of methoxy groups -OCH3 is 1. The maximum Gasteiger partial charge on any atom is 0.243 e. The second-order valence-electron chi connectivity index (χ2n) is 8.28. The molecule has 2 aromatic carbocycles. The van der Waals surface area contributed by atoms with Gasteiger partial charge >= 0.3 is 0 Å². The van der Waals surface area contributed by atoms with Crippen LogP contribution in [0.5, 0.6) is 5.75 Å².